The van der Waals surface area contributed by atoms with Crippen molar-refractivity contribution in [2.75, 3.05) is 11.5 Å². The normalized spacial score (nSPS) is 24.4. The molecule has 0 bridgehead atoms. The third kappa shape index (κ3) is 1.95. The lowest BCUT2D eigenvalue weighted by Crippen LogP contribution is -2.12. The molecule has 1 saturated heterocycles. The van der Waals surface area contributed by atoms with E-state index in [9.17, 15) is 4.79 Å². The fourth-order valence-corrected chi connectivity index (χ4v) is 5.05. The predicted molar refractivity (Wildman–Crippen MR) is 70.7 cm³/mol. The molecule has 1 aromatic rings. The second-order valence-corrected chi connectivity index (χ2v) is 6.98. The fourth-order valence-electron chi connectivity index (χ4n) is 2.55. The zero-order chi connectivity index (χ0) is 11.0. The Hall–Kier alpha value is -0.280. The van der Waals surface area contributed by atoms with Crippen LogP contribution in [0.2, 0.25) is 0 Å². The van der Waals surface area contributed by atoms with Crippen LogP contribution in [0.5, 0.6) is 0 Å². The molecule has 1 aliphatic heterocycles. The summed E-state index contributed by atoms with van der Waals surface area (Å²) in [5, 5.41) is 0. The third-order valence-electron chi connectivity index (χ3n) is 3.54. The molecule has 1 aliphatic carbocycles. The van der Waals surface area contributed by atoms with Crippen LogP contribution in [0.1, 0.15) is 39.4 Å². The summed E-state index contributed by atoms with van der Waals surface area (Å²) in [5.41, 5.74) is 1.46. The molecule has 0 spiro atoms. The van der Waals surface area contributed by atoms with E-state index >= 15 is 0 Å². The highest BCUT2D eigenvalue weighted by molar-refractivity contribution is 7.99. The van der Waals surface area contributed by atoms with E-state index in [0.29, 0.717) is 11.7 Å². The van der Waals surface area contributed by atoms with Gasteiger partial charge in [0, 0.05) is 16.5 Å². The Morgan fingerprint density at radius 2 is 2.19 bits per heavy atom. The molecule has 0 amide bonds. The van der Waals surface area contributed by atoms with Gasteiger partial charge < -0.3 is 0 Å². The summed E-state index contributed by atoms with van der Waals surface area (Å²) in [6, 6.07) is 2.18. The second-order valence-electron chi connectivity index (χ2n) is 4.69. The van der Waals surface area contributed by atoms with Gasteiger partial charge in [0.2, 0.25) is 0 Å². The van der Waals surface area contributed by atoms with Gasteiger partial charge in [-0.2, -0.15) is 11.8 Å². The third-order valence-corrected chi connectivity index (χ3v) is 5.95. The molecule has 1 fully saturated rings. The van der Waals surface area contributed by atoms with Crippen LogP contribution in [0.25, 0.3) is 0 Å². The first-order valence-electron chi connectivity index (χ1n) is 6.08. The Morgan fingerprint density at radius 3 is 2.94 bits per heavy atom. The Morgan fingerprint density at radius 1 is 1.31 bits per heavy atom. The zero-order valence-electron chi connectivity index (χ0n) is 9.33. The van der Waals surface area contributed by atoms with Gasteiger partial charge >= 0.3 is 0 Å². The molecule has 3 heteroatoms. The first-order chi connectivity index (χ1) is 7.84. The fraction of sp³-hybridized carbons (Fsp3) is 0.615. The minimum atomic E-state index is 0.310. The van der Waals surface area contributed by atoms with Crippen LogP contribution in [0.3, 0.4) is 0 Å². The van der Waals surface area contributed by atoms with E-state index < -0.39 is 0 Å². The molecule has 1 atom stereocenters. The SMILES string of the molecule is O=C(c1cc2c(s1)CCCC2)C1CCSC1. The number of Topliss-reactive ketones (excluding diaryl/α,β-unsaturated/α-hetero) is 1. The summed E-state index contributed by atoms with van der Waals surface area (Å²) in [6.45, 7) is 0. The molecule has 3 rings (SSSR count). The second kappa shape index (κ2) is 4.53. The standard InChI is InChI=1S/C13H16OS2/c14-13(10-5-6-15-8-10)12-7-9-3-1-2-4-11(9)16-12/h7,10H,1-6,8H2. The van der Waals surface area contributed by atoms with Gasteiger partial charge in [0.1, 0.15) is 0 Å². The van der Waals surface area contributed by atoms with E-state index in [-0.39, 0.29) is 0 Å². The van der Waals surface area contributed by atoms with Gasteiger partial charge in [-0.05, 0) is 49.5 Å². The number of hydrogen-bond donors (Lipinski definition) is 0. The van der Waals surface area contributed by atoms with Gasteiger partial charge in [-0.1, -0.05) is 0 Å². The van der Waals surface area contributed by atoms with E-state index in [4.69, 9.17) is 0 Å². The number of thioether (sulfide) groups is 1. The van der Waals surface area contributed by atoms with Crippen LogP contribution in [0.15, 0.2) is 6.07 Å². The summed E-state index contributed by atoms with van der Waals surface area (Å²) in [7, 11) is 0. The summed E-state index contributed by atoms with van der Waals surface area (Å²) in [5.74, 6) is 2.94. The molecule has 0 saturated carbocycles. The molecule has 16 heavy (non-hydrogen) atoms. The number of hydrogen-bond acceptors (Lipinski definition) is 3. The lowest BCUT2D eigenvalue weighted by Gasteiger charge is -2.08. The number of carbonyl (C=O) groups excluding carboxylic acids is 1. The maximum Gasteiger partial charge on any atom is 0.176 e. The highest BCUT2D eigenvalue weighted by atomic mass is 32.2. The van der Waals surface area contributed by atoms with E-state index in [0.717, 1.165) is 17.1 Å². The van der Waals surface area contributed by atoms with Crippen LogP contribution in [-0.2, 0) is 12.8 Å². The quantitative estimate of drug-likeness (QED) is 0.749. The van der Waals surface area contributed by atoms with E-state index in [1.165, 1.54) is 41.9 Å². The minimum Gasteiger partial charge on any atom is -0.293 e. The van der Waals surface area contributed by atoms with Crippen molar-refractivity contribution < 1.29 is 4.79 Å². The Labute approximate surface area is 105 Å². The topological polar surface area (TPSA) is 17.1 Å². The Bertz CT molecular complexity index is 379. The van der Waals surface area contributed by atoms with Gasteiger partial charge in [-0.25, -0.2) is 0 Å². The van der Waals surface area contributed by atoms with Crippen LogP contribution in [0.4, 0.5) is 0 Å². The average molecular weight is 252 g/mol. The molecule has 0 radical (unpaired) electrons. The van der Waals surface area contributed by atoms with Gasteiger partial charge in [0.15, 0.2) is 5.78 Å². The molecular formula is C13H16OS2. The molecule has 0 aromatic carbocycles. The van der Waals surface area contributed by atoms with Crippen LogP contribution in [0, 0.1) is 5.92 Å². The van der Waals surface area contributed by atoms with Gasteiger partial charge in [0.25, 0.3) is 0 Å². The molecular weight excluding hydrogens is 236 g/mol. The van der Waals surface area contributed by atoms with Crippen molar-refractivity contribution in [3.8, 4) is 0 Å². The summed E-state index contributed by atoms with van der Waals surface area (Å²) < 4.78 is 0. The lowest BCUT2D eigenvalue weighted by molar-refractivity contribution is 0.0938. The molecule has 1 aromatic heterocycles. The van der Waals surface area contributed by atoms with Crippen molar-refractivity contribution in [2.24, 2.45) is 5.92 Å². The predicted octanol–water partition coefficient (Wildman–Crippen LogP) is 3.56. The Kier molecular flexibility index (Phi) is 3.07. The smallest absolute Gasteiger partial charge is 0.176 e. The number of carbonyl (C=O) groups is 1. The molecule has 0 N–H and O–H groups in total. The number of aryl methyl sites for hydroxylation is 2. The van der Waals surface area contributed by atoms with E-state index in [2.05, 4.69) is 6.07 Å². The van der Waals surface area contributed by atoms with Crippen LogP contribution >= 0.6 is 23.1 Å². The monoisotopic (exact) mass is 252 g/mol. The zero-order valence-corrected chi connectivity index (χ0v) is 11.0. The highest BCUT2D eigenvalue weighted by Gasteiger charge is 2.26. The van der Waals surface area contributed by atoms with E-state index in [1.807, 2.05) is 11.8 Å². The van der Waals surface area contributed by atoms with Crippen LogP contribution < -0.4 is 0 Å². The molecule has 1 nitrogen and oxygen atoms in total. The number of thiophene rings is 1. The van der Waals surface area contributed by atoms with Crippen molar-refractivity contribution in [1.82, 2.24) is 0 Å². The van der Waals surface area contributed by atoms with Crippen molar-refractivity contribution in [3.05, 3.63) is 21.4 Å². The summed E-state index contributed by atoms with van der Waals surface area (Å²) in [6.07, 6.45) is 6.09. The highest BCUT2D eigenvalue weighted by Crippen LogP contribution is 2.33. The first-order valence-corrected chi connectivity index (χ1v) is 8.05. The van der Waals surface area contributed by atoms with Crippen molar-refractivity contribution in [2.45, 2.75) is 32.1 Å². The van der Waals surface area contributed by atoms with E-state index in [1.54, 1.807) is 11.3 Å². The lowest BCUT2D eigenvalue weighted by atomic mass is 9.97. The molecule has 2 heterocycles. The minimum absolute atomic E-state index is 0.310. The van der Waals surface area contributed by atoms with Gasteiger partial charge in [0.05, 0.1) is 4.88 Å². The van der Waals surface area contributed by atoms with Crippen molar-refractivity contribution in [3.63, 3.8) is 0 Å². The maximum atomic E-state index is 12.3. The number of rotatable bonds is 2. The first kappa shape index (κ1) is 10.8. The number of ketones is 1. The summed E-state index contributed by atoms with van der Waals surface area (Å²) in [4.78, 5) is 14.8. The Balaban J connectivity index is 1.83. The average Bonchev–Trinajstić information content (AvgIpc) is 2.97. The number of fused-ring (bicyclic) bond motifs is 1. The molecule has 2 aliphatic rings. The summed E-state index contributed by atoms with van der Waals surface area (Å²) >= 11 is 3.70. The molecule has 1 unspecified atom stereocenters. The van der Waals surface area contributed by atoms with Gasteiger partial charge in [-0.3, -0.25) is 4.79 Å². The maximum absolute atomic E-state index is 12.3. The largest absolute Gasteiger partial charge is 0.293 e. The van der Waals surface area contributed by atoms with Crippen molar-refractivity contribution in [1.29, 1.82) is 0 Å². The molecule has 86 valence electrons. The van der Waals surface area contributed by atoms with Gasteiger partial charge in [-0.15, -0.1) is 11.3 Å². The van der Waals surface area contributed by atoms with Crippen molar-refractivity contribution >= 4 is 28.9 Å². The van der Waals surface area contributed by atoms with Crippen LogP contribution in [-0.4, -0.2) is 17.3 Å².